The van der Waals surface area contributed by atoms with Crippen LogP contribution < -0.4 is 10.6 Å². The Balaban J connectivity index is 3.35. The van der Waals surface area contributed by atoms with Crippen LogP contribution in [0.5, 0.6) is 0 Å². The minimum Gasteiger partial charge on any atom is -0.622 e. The number of aryl methyl sites for hydroxylation is 1. The number of aromatic amines is 1. The SMILES string of the molecule is Cc1cc(=O)[nH]c([NH+]([O-])C(F)(F)C(F)(F)C(F)(F)C(F)F)n1. The third kappa shape index (κ3) is 2.77. The minimum absolute atomic E-state index is 0.355. The number of alkyl halides is 8. The van der Waals surface area contributed by atoms with Crippen molar-refractivity contribution in [1.29, 1.82) is 0 Å². The lowest BCUT2D eigenvalue weighted by Gasteiger charge is -2.36. The summed E-state index contributed by atoms with van der Waals surface area (Å²) >= 11 is 0. The maximum absolute atomic E-state index is 13.3. The molecule has 0 saturated heterocycles. The largest absolute Gasteiger partial charge is 0.622 e. The Labute approximate surface area is 116 Å². The second kappa shape index (κ2) is 5.46. The van der Waals surface area contributed by atoms with E-state index in [1.807, 2.05) is 0 Å². The Bertz CT molecular complexity index is 603. The first-order valence-electron chi connectivity index (χ1n) is 5.29. The van der Waals surface area contributed by atoms with Gasteiger partial charge in [-0.05, 0) is 6.92 Å². The van der Waals surface area contributed by atoms with Gasteiger partial charge in [0.15, 0.2) is 0 Å². The second-order valence-corrected chi connectivity index (χ2v) is 4.14. The predicted molar refractivity (Wildman–Crippen MR) is 54.4 cm³/mol. The van der Waals surface area contributed by atoms with Gasteiger partial charge < -0.3 is 5.21 Å². The molecule has 0 amide bonds. The van der Waals surface area contributed by atoms with Crippen molar-refractivity contribution in [3.63, 3.8) is 0 Å². The molecule has 0 fully saturated rings. The minimum atomic E-state index is -6.70. The summed E-state index contributed by atoms with van der Waals surface area (Å²) in [7, 11) is 0. The van der Waals surface area contributed by atoms with Gasteiger partial charge in [-0.25, -0.2) is 13.8 Å². The Morgan fingerprint density at radius 1 is 1.23 bits per heavy atom. The van der Waals surface area contributed by atoms with Gasteiger partial charge in [-0.3, -0.25) is 9.78 Å². The summed E-state index contributed by atoms with van der Waals surface area (Å²) in [5.74, 6) is -14.8. The molecule has 0 aliphatic heterocycles. The van der Waals surface area contributed by atoms with E-state index in [9.17, 15) is 45.1 Å². The fourth-order valence-electron chi connectivity index (χ4n) is 1.32. The van der Waals surface area contributed by atoms with Crippen LogP contribution in [0, 0.1) is 12.1 Å². The molecule has 2 N–H and O–H groups in total. The third-order valence-electron chi connectivity index (χ3n) is 2.46. The maximum Gasteiger partial charge on any atom is 0.467 e. The van der Waals surface area contributed by atoms with Gasteiger partial charge in [-0.15, -0.1) is 8.78 Å². The lowest BCUT2D eigenvalue weighted by Crippen LogP contribution is -3.14. The first kappa shape index (κ1) is 18.3. The van der Waals surface area contributed by atoms with Crippen LogP contribution in [0.25, 0.3) is 0 Å². The molecule has 0 saturated carbocycles. The maximum atomic E-state index is 13.3. The van der Waals surface area contributed by atoms with E-state index in [2.05, 4.69) is 4.98 Å². The van der Waals surface area contributed by atoms with Crippen molar-refractivity contribution < 1.29 is 40.2 Å². The van der Waals surface area contributed by atoms with Gasteiger partial charge in [0.05, 0.1) is 5.69 Å². The summed E-state index contributed by atoms with van der Waals surface area (Å²) < 4.78 is 102. The highest BCUT2D eigenvalue weighted by atomic mass is 19.4. The van der Waals surface area contributed by atoms with Crippen LogP contribution in [0.1, 0.15) is 5.69 Å². The molecule has 1 atom stereocenters. The van der Waals surface area contributed by atoms with E-state index < -0.39 is 40.9 Å². The molecule has 0 bridgehead atoms. The summed E-state index contributed by atoms with van der Waals surface area (Å²) in [4.78, 5) is 15.3. The number of rotatable bonds is 5. The lowest BCUT2D eigenvalue weighted by atomic mass is 10.1. The van der Waals surface area contributed by atoms with E-state index in [0.29, 0.717) is 6.07 Å². The summed E-state index contributed by atoms with van der Waals surface area (Å²) in [6.45, 7) is 1.02. The Hall–Kier alpha value is -1.76. The lowest BCUT2D eigenvalue weighted by molar-refractivity contribution is -0.909. The highest BCUT2D eigenvalue weighted by molar-refractivity contribution is 5.10. The number of hydrogen-bond donors (Lipinski definition) is 2. The molecule has 0 aromatic carbocycles. The molecule has 1 rings (SSSR count). The Morgan fingerprint density at radius 3 is 2.14 bits per heavy atom. The van der Waals surface area contributed by atoms with E-state index in [-0.39, 0.29) is 5.69 Å². The number of H-pyrrole nitrogens is 1. The van der Waals surface area contributed by atoms with E-state index in [0.717, 1.165) is 6.92 Å². The molecule has 0 aliphatic rings. The van der Waals surface area contributed by atoms with Crippen LogP contribution in [0.2, 0.25) is 0 Å². The van der Waals surface area contributed by atoms with Gasteiger partial charge in [0.1, 0.15) is 0 Å². The molecule has 0 radical (unpaired) electrons. The van der Waals surface area contributed by atoms with Crippen molar-refractivity contribution in [2.45, 2.75) is 31.2 Å². The number of hydrogen-bond acceptors (Lipinski definition) is 3. The van der Waals surface area contributed by atoms with Gasteiger partial charge in [0.25, 0.3) is 5.56 Å². The molecule has 126 valence electrons. The van der Waals surface area contributed by atoms with Gasteiger partial charge in [-0.1, -0.05) is 0 Å². The molecular formula is C9H7F8N3O2. The fourth-order valence-corrected chi connectivity index (χ4v) is 1.32. The third-order valence-corrected chi connectivity index (χ3v) is 2.46. The average molecular weight is 341 g/mol. The summed E-state index contributed by atoms with van der Waals surface area (Å²) in [5, 5.41) is 8.23. The van der Waals surface area contributed by atoms with Crippen LogP contribution in [0.3, 0.4) is 0 Å². The van der Waals surface area contributed by atoms with Crippen LogP contribution in [-0.4, -0.2) is 34.3 Å². The zero-order valence-electron chi connectivity index (χ0n) is 10.4. The molecule has 1 unspecified atom stereocenters. The standard InChI is InChI=1S/C9H7F8N3O2/c1-3-2-4(21)19-6(18-3)20(22)9(16,17)8(14,15)7(12,13)5(10)11/h2,5,20H,1H3,(H,18,19,21). The van der Waals surface area contributed by atoms with Gasteiger partial charge in [0.2, 0.25) is 0 Å². The van der Waals surface area contributed by atoms with Gasteiger partial charge >= 0.3 is 30.3 Å². The van der Waals surface area contributed by atoms with E-state index >= 15 is 0 Å². The van der Waals surface area contributed by atoms with Crippen LogP contribution in [-0.2, 0) is 0 Å². The van der Waals surface area contributed by atoms with Gasteiger partial charge in [-0.2, -0.15) is 22.5 Å². The Kier molecular flexibility index (Phi) is 4.54. The molecule has 0 aliphatic carbocycles. The van der Waals surface area contributed by atoms with Crippen molar-refractivity contribution in [2.75, 3.05) is 0 Å². The fraction of sp³-hybridized carbons (Fsp3) is 0.556. The average Bonchev–Trinajstić information content (AvgIpc) is 2.35. The van der Waals surface area contributed by atoms with E-state index in [1.165, 1.54) is 4.98 Å². The number of aromatic nitrogens is 2. The van der Waals surface area contributed by atoms with Crippen LogP contribution >= 0.6 is 0 Å². The number of nitrogens with zero attached hydrogens (tertiary/aromatic N) is 1. The highest BCUT2D eigenvalue weighted by Gasteiger charge is 2.80. The molecule has 1 aromatic heterocycles. The number of hydroxylamine groups is 1. The van der Waals surface area contributed by atoms with Crippen LogP contribution in [0.4, 0.5) is 41.1 Å². The first-order chi connectivity index (χ1) is 9.75. The molecule has 1 aromatic rings. The molecule has 13 heteroatoms. The van der Waals surface area contributed by atoms with Crippen molar-refractivity contribution in [2.24, 2.45) is 0 Å². The molecule has 1 heterocycles. The zero-order valence-corrected chi connectivity index (χ0v) is 10.4. The highest BCUT2D eigenvalue weighted by Crippen LogP contribution is 2.46. The van der Waals surface area contributed by atoms with Crippen molar-refractivity contribution >= 4 is 5.95 Å². The Morgan fingerprint density at radius 2 is 1.73 bits per heavy atom. The molecule has 0 spiro atoms. The van der Waals surface area contributed by atoms with Gasteiger partial charge in [0, 0.05) is 6.07 Å². The normalized spacial score (nSPS) is 15.2. The topological polar surface area (TPSA) is 73.2 Å². The monoisotopic (exact) mass is 341 g/mol. The predicted octanol–water partition coefficient (Wildman–Crippen LogP) is 1.22. The number of halogens is 8. The number of nitrogens with one attached hydrogen (secondary N) is 2. The summed E-state index contributed by atoms with van der Waals surface area (Å²) in [5.41, 5.74) is -1.55. The van der Waals surface area contributed by atoms with Crippen molar-refractivity contribution in [1.82, 2.24) is 9.97 Å². The smallest absolute Gasteiger partial charge is 0.467 e. The summed E-state index contributed by atoms with van der Waals surface area (Å²) in [6.07, 6.45) is -5.15. The zero-order chi connectivity index (χ0) is 17.5. The summed E-state index contributed by atoms with van der Waals surface area (Å²) in [6, 6.07) is -5.53. The number of quaternary nitrogens is 1. The molecule has 5 nitrogen and oxygen atoms in total. The van der Waals surface area contributed by atoms with E-state index in [4.69, 9.17) is 0 Å². The quantitative estimate of drug-likeness (QED) is 0.481. The van der Waals surface area contributed by atoms with Crippen molar-refractivity contribution in [3.8, 4) is 0 Å². The van der Waals surface area contributed by atoms with Crippen LogP contribution in [0.15, 0.2) is 10.9 Å². The van der Waals surface area contributed by atoms with E-state index in [1.54, 1.807) is 0 Å². The first-order valence-corrected chi connectivity index (χ1v) is 5.29. The van der Waals surface area contributed by atoms with Crippen molar-refractivity contribution in [3.05, 3.63) is 27.3 Å². The molecular weight excluding hydrogens is 334 g/mol. The molecule has 22 heavy (non-hydrogen) atoms. The second-order valence-electron chi connectivity index (χ2n) is 4.14.